The van der Waals surface area contributed by atoms with Gasteiger partial charge in [-0.2, -0.15) is 0 Å². The van der Waals surface area contributed by atoms with Crippen molar-refractivity contribution in [1.82, 2.24) is 0 Å². The Labute approximate surface area is 261 Å². The number of rotatable bonds is 29. The Morgan fingerprint density at radius 1 is 0.558 bits per heavy atom. The van der Waals surface area contributed by atoms with E-state index in [9.17, 15) is 35.4 Å². The Kier molecular flexibility index (Phi) is 23.4. The molecule has 254 valence electrons. The molecule has 8 nitrogen and oxygen atoms in total. The van der Waals surface area contributed by atoms with Gasteiger partial charge in [-0.3, -0.25) is 0 Å². The number of hydrogen-bond donors (Lipinski definition) is 6. The standard InChI is InChI=1S/C35H66O8/c1-3-4-5-6-7-8-9-10-11-15-21-31(38)33(40)23-24-34(41)32(39)22-17-16-19-29(36)18-13-12-14-20-30(37)26-28-25-27(2)43-35(28)42/h25,27,29-34,36-41H,3-24,26H2,1-2H3/t27?,29?,30?,31-,32-,33-,34+/m0/s1. The number of unbranched alkanes of at least 4 members (excludes halogenated alkanes) is 12. The lowest BCUT2D eigenvalue weighted by atomic mass is 9.96. The van der Waals surface area contributed by atoms with E-state index in [2.05, 4.69) is 6.92 Å². The van der Waals surface area contributed by atoms with Gasteiger partial charge in [-0.05, 0) is 57.9 Å². The van der Waals surface area contributed by atoms with Gasteiger partial charge < -0.3 is 35.4 Å². The quantitative estimate of drug-likeness (QED) is 0.0443. The number of aliphatic hydroxyl groups is 6. The van der Waals surface area contributed by atoms with E-state index < -0.39 is 36.6 Å². The Balaban J connectivity index is 1.99. The van der Waals surface area contributed by atoms with Gasteiger partial charge in [-0.1, -0.05) is 103 Å². The molecule has 1 heterocycles. The Bertz CT molecular complexity index is 714. The molecule has 0 radical (unpaired) electrons. The molecule has 0 aliphatic carbocycles. The molecule has 0 spiro atoms. The number of carbonyl (C=O) groups is 1. The molecule has 0 aromatic heterocycles. The fourth-order valence-corrected chi connectivity index (χ4v) is 5.90. The van der Waals surface area contributed by atoms with Crippen molar-refractivity contribution in [1.29, 1.82) is 0 Å². The van der Waals surface area contributed by atoms with Gasteiger partial charge in [-0.25, -0.2) is 4.79 Å². The number of ether oxygens (including phenoxy) is 1. The van der Waals surface area contributed by atoms with Gasteiger partial charge in [0.1, 0.15) is 6.10 Å². The second-order valence-corrected chi connectivity index (χ2v) is 13.1. The first-order chi connectivity index (χ1) is 20.6. The molecule has 0 saturated carbocycles. The zero-order valence-electron chi connectivity index (χ0n) is 27.4. The number of carbonyl (C=O) groups excluding carboxylic acids is 1. The van der Waals surface area contributed by atoms with Gasteiger partial charge in [0.15, 0.2) is 0 Å². The van der Waals surface area contributed by atoms with Crippen LogP contribution in [-0.2, 0) is 9.53 Å². The highest BCUT2D eigenvalue weighted by atomic mass is 16.5. The maximum atomic E-state index is 11.6. The van der Waals surface area contributed by atoms with Crippen molar-refractivity contribution in [2.45, 2.75) is 204 Å². The number of cyclic esters (lactones) is 1. The molecule has 0 aromatic rings. The third-order valence-electron chi connectivity index (χ3n) is 8.81. The average molecular weight is 615 g/mol. The monoisotopic (exact) mass is 614 g/mol. The molecule has 1 rings (SSSR count). The number of hydrogen-bond acceptors (Lipinski definition) is 8. The maximum Gasteiger partial charge on any atom is 0.334 e. The summed E-state index contributed by atoms with van der Waals surface area (Å²) >= 11 is 0. The van der Waals surface area contributed by atoms with Crippen LogP contribution in [0.15, 0.2) is 11.6 Å². The van der Waals surface area contributed by atoms with Crippen LogP contribution in [0.2, 0.25) is 0 Å². The Hall–Kier alpha value is -1.03. The van der Waals surface area contributed by atoms with Gasteiger partial charge in [0.2, 0.25) is 0 Å². The van der Waals surface area contributed by atoms with Crippen LogP contribution in [-0.4, -0.2) is 79.3 Å². The van der Waals surface area contributed by atoms with E-state index in [4.69, 9.17) is 4.74 Å². The fraction of sp³-hybridized carbons (Fsp3) is 0.914. The summed E-state index contributed by atoms with van der Waals surface area (Å²) in [5, 5.41) is 61.5. The Morgan fingerprint density at radius 2 is 0.930 bits per heavy atom. The second kappa shape index (κ2) is 25.2. The molecule has 0 bridgehead atoms. The van der Waals surface area contributed by atoms with E-state index in [-0.39, 0.29) is 24.9 Å². The SMILES string of the molecule is CCCCCCCCCCCC[C@H](O)[C@@H](O)CC[C@@H](O)[C@@H](O)CCCCC(O)CCCCCC(O)CC1=CC(C)OC1=O. The van der Waals surface area contributed by atoms with E-state index in [0.29, 0.717) is 50.5 Å². The van der Waals surface area contributed by atoms with Gasteiger partial charge in [0, 0.05) is 12.0 Å². The lowest BCUT2D eigenvalue weighted by molar-refractivity contribution is -0.139. The summed E-state index contributed by atoms with van der Waals surface area (Å²) in [6.07, 6.45) is 17.2. The van der Waals surface area contributed by atoms with Gasteiger partial charge >= 0.3 is 5.97 Å². The molecule has 8 heteroatoms. The van der Waals surface area contributed by atoms with Crippen LogP contribution in [0.5, 0.6) is 0 Å². The van der Waals surface area contributed by atoms with Crippen LogP contribution < -0.4 is 0 Å². The Morgan fingerprint density at radius 3 is 1.42 bits per heavy atom. The first-order valence-corrected chi connectivity index (χ1v) is 17.6. The van der Waals surface area contributed by atoms with Crippen molar-refractivity contribution >= 4 is 5.97 Å². The highest BCUT2D eigenvalue weighted by molar-refractivity contribution is 5.90. The normalized spacial score (nSPS) is 19.5. The molecule has 1 aliphatic rings. The largest absolute Gasteiger partial charge is 0.455 e. The first kappa shape index (κ1) is 40.0. The topological polar surface area (TPSA) is 148 Å². The lowest BCUT2D eigenvalue weighted by Crippen LogP contribution is -2.31. The average Bonchev–Trinajstić information content (AvgIpc) is 3.29. The fourth-order valence-electron chi connectivity index (χ4n) is 5.90. The van der Waals surface area contributed by atoms with E-state index in [1.54, 1.807) is 13.0 Å². The van der Waals surface area contributed by atoms with Crippen LogP contribution in [0.4, 0.5) is 0 Å². The molecular formula is C35H66O8. The first-order valence-electron chi connectivity index (χ1n) is 17.6. The minimum atomic E-state index is -0.932. The summed E-state index contributed by atoms with van der Waals surface area (Å²) in [7, 11) is 0. The smallest absolute Gasteiger partial charge is 0.334 e. The summed E-state index contributed by atoms with van der Waals surface area (Å²) < 4.78 is 5.05. The zero-order valence-corrected chi connectivity index (χ0v) is 27.4. The van der Waals surface area contributed by atoms with E-state index in [1.165, 1.54) is 51.4 Å². The summed E-state index contributed by atoms with van der Waals surface area (Å²) in [5.74, 6) is -0.333. The summed E-state index contributed by atoms with van der Waals surface area (Å²) in [5.41, 5.74) is 0.555. The maximum absolute atomic E-state index is 11.6. The van der Waals surface area contributed by atoms with Crippen molar-refractivity contribution in [3.05, 3.63) is 11.6 Å². The van der Waals surface area contributed by atoms with Crippen molar-refractivity contribution < 1.29 is 40.2 Å². The minimum Gasteiger partial charge on any atom is -0.455 e. The van der Waals surface area contributed by atoms with E-state index >= 15 is 0 Å². The minimum absolute atomic E-state index is 0.215. The molecule has 0 saturated heterocycles. The third kappa shape index (κ3) is 20.6. The molecule has 0 fully saturated rings. The molecule has 0 amide bonds. The summed E-state index contributed by atoms with van der Waals surface area (Å²) in [6, 6.07) is 0. The number of esters is 1. The zero-order chi connectivity index (χ0) is 31.9. The number of aliphatic hydroxyl groups excluding tert-OH is 6. The molecule has 1 aliphatic heterocycles. The molecule has 0 aromatic carbocycles. The van der Waals surface area contributed by atoms with Crippen molar-refractivity contribution in [3.63, 3.8) is 0 Å². The molecule has 3 unspecified atom stereocenters. The third-order valence-corrected chi connectivity index (χ3v) is 8.81. The highest BCUT2D eigenvalue weighted by Gasteiger charge is 2.24. The molecule has 7 atom stereocenters. The second-order valence-electron chi connectivity index (χ2n) is 13.1. The van der Waals surface area contributed by atoms with Crippen molar-refractivity contribution in [2.75, 3.05) is 0 Å². The lowest BCUT2D eigenvalue weighted by Gasteiger charge is -2.22. The van der Waals surface area contributed by atoms with Crippen LogP contribution in [0.1, 0.15) is 162 Å². The predicted octanol–water partition coefficient (Wildman–Crippen LogP) is 6.02. The highest BCUT2D eigenvalue weighted by Crippen LogP contribution is 2.21. The van der Waals surface area contributed by atoms with Gasteiger partial charge in [0.05, 0.1) is 36.6 Å². The van der Waals surface area contributed by atoms with Gasteiger partial charge in [-0.15, -0.1) is 0 Å². The summed E-state index contributed by atoms with van der Waals surface area (Å²) in [6.45, 7) is 4.03. The van der Waals surface area contributed by atoms with Gasteiger partial charge in [0.25, 0.3) is 0 Å². The van der Waals surface area contributed by atoms with Crippen molar-refractivity contribution in [3.8, 4) is 0 Å². The summed E-state index contributed by atoms with van der Waals surface area (Å²) in [4.78, 5) is 11.6. The van der Waals surface area contributed by atoms with Crippen LogP contribution >= 0.6 is 0 Å². The molecule has 6 N–H and O–H groups in total. The van der Waals surface area contributed by atoms with Crippen LogP contribution in [0.3, 0.4) is 0 Å². The van der Waals surface area contributed by atoms with Crippen LogP contribution in [0, 0.1) is 0 Å². The molecule has 43 heavy (non-hydrogen) atoms. The van der Waals surface area contributed by atoms with Crippen molar-refractivity contribution in [2.24, 2.45) is 0 Å². The predicted molar refractivity (Wildman–Crippen MR) is 172 cm³/mol. The molecular weight excluding hydrogens is 548 g/mol. The van der Waals surface area contributed by atoms with Crippen LogP contribution in [0.25, 0.3) is 0 Å². The van der Waals surface area contributed by atoms with E-state index in [1.807, 2.05) is 0 Å². The van der Waals surface area contributed by atoms with E-state index in [0.717, 1.165) is 38.5 Å².